The third kappa shape index (κ3) is 3.13. The van der Waals surface area contributed by atoms with Gasteiger partial charge in [-0.25, -0.2) is 0 Å². The Morgan fingerprint density at radius 1 is 1.44 bits per heavy atom. The van der Waals surface area contributed by atoms with Crippen LogP contribution in [0.5, 0.6) is 5.75 Å². The van der Waals surface area contributed by atoms with Gasteiger partial charge in [-0.1, -0.05) is 6.08 Å². The van der Waals surface area contributed by atoms with E-state index in [-0.39, 0.29) is 17.2 Å². The fraction of sp³-hybridized carbons (Fsp3) is 0.400. The normalized spacial score (nSPS) is 11.1. The molecule has 1 N–H and O–H groups in total. The lowest BCUT2D eigenvalue weighted by Crippen LogP contribution is -2.45. The highest BCUT2D eigenvalue weighted by atomic mass is 16.3. The van der Waals surface area contributed by atoms with Crippen LogP contribution in [0.1, 0.15) is 36.7 Å². The number of hydrogen-bond acceptors (Lipinski definition) is 2. The molecule has 0 bridgehead atoms. The standard InChI is InChI=1S/C15H21NO2/c1-6-9-16(15(3,4)5)14(18)13-8-7-12(17)10-11(13)2/h6-8,10,17H,1,9H2,2-5H3. The average molecular weight is 247 g/mol. The van der Waals surface area contributed by atoms with Crippen LogP contribution in [0.15, 0.2) is 30.9 Å². The third-order valence-electron chi connectivity index (χ3n) is 2.81. The zero-order valence-electron chi connectivity index (χ0n) is 11.5. The average Bonchev–Trinajstić information content (AvgIpc) is 2.23. The highest BCUT2D eigenvalue weighted by Gasteiger charge is 2.27. The first-order valence-electron chi connectivity index (χ1n) is 6.00. The van der Waals surface area contributed by atoms with Crippen molar-refractivity contribution in [3.8, 4) is 5.75 Å². The fourth-order valence-electron chi connectivity index (χ4n) is 1.82. The smallest absolute Gasteiger partial charge is 0.254 e. The van der Waals surface area contributed by atoms with E-state index < -0.39 is 0 Å². The van der Waals surface area contributed by atoms with Crippen LogP contribution in [-0.2, 0) is 0 Å². The first kappa shape index (κ1) is 14.3. The van der Waals surface area contributed by atoms with Crippen molar-refractivity contribution in [3.05, 3.63) is 42.0 Å². The zero-order chi connectivity index (χ0) is 13.9. The second kappa shape index (κ2) is 5.25. The van der Waals surface area contributed by atoms with E-state index in [0.717, 1.165) is 5.56 Å². The van der Waals surface area contributed by atoms with Crippen molar-refractivity contribution >= 4 is 5.91 Å². The summed E-state index contributed by atoms with van der Waals surface area (Å²) in [5.41, 5.74) is 1.12. The van der Waals surface area contributed by atoms with E-state index in [1.807, 2.05) is 27.7 Å². The molecule has 0 aliphatic heterocycles. The van der Waals surface area contributed by atoms with Gasteiger partial charge >= 0.3 is 0 Å². The number of phenols is 1. The number of benzene rings is 1. The Bertz CT molecular complexity index is 458. The topological polar surface area (TPSA) is 40.5 Å². The number of hydrogen-bond donors (Lipinski definition) is 1. The minimum atomic E-state index is -0.268. The maximum Gasteiger partial charge on any atom is 0.254 e. The molecule has 3 heteroatoms. The molecule has 0 spiro atoms. The van der Waals surface area contributed by atoms with E-state index in [2.05, 4.69) is 6.58 Å². The van der Waals surface area contributed by atoms with Gasteiger partial charge in [-0.3, -0.25) is 4.79 Å². The number of aryl methyl sites for hydroxylation is 1. The number of carbonyl (C=O) groups excluding carboxylic acids is 1. The molecular formula is C15H21NO2. The van der Waals surface area contributed by atoms with E-state index in [9.17, 15) is 9.90 Å². The fourth-order valence-corrected chi connectivity index (χ4v) is 1.82. The molecule has 0 aromatic heterocycles. The molecule has 0 atom stereocenters. The Hall–Kier alpha value is -1.77. The Morgan fingerprint density at radius 3 is 2.50 bits per heavy atom. The first-order valence-corrected chi connectivity index (χ1v) is 6.00. The van der Waals surface area contributed by atoms with Crippen LogP contribution in [0, 0.1) is 6.92 Å². The number of rotatable bonds is 3. The molecule has 1 aromatic rings. The molecule has 98 valence electrons. The molecule has 3 nitrogen and oxygen atoms in total. The SMILES string of the molecule is C=CCN(C(=O)c1ccc(O)cc1C)C(C)(C)C. The van der Waals surface area contributed by atoms with Crippen molar-refractivity contribution in [1.29, 1.82) is 0 Å². The summed E-state index contributed by atoms with van der Waals surface area (Å²) in [4.78, 5) is 14.3. The molecule has 0 fully saturated rings. The number of aromatic hydroxyl groups is 1. The van der Waals surface area contributed by atoms with Gasteiger partial charge in [0.2, 0.25) is 0 Å². The molecule has 0 heterocycles. The van der Waals surface area contributed by atoms with Crippen molar-refractivity contribution < 1.29 is 9.90 Å². The van der Waals surface area contributed by atoms with Crippen LogP contribution in [0.3, 0.4) is 0 Å². The summed E-state index contributed by atoms with van der Waals surface area (Å²) in [6.07, 6.45) is 1.72. The zero-order valence-corrected chi connectivity index (χ0v) is 11.5. The maximum absolute atomic E-state index is 12.5. The van der Waals surface area contributed by atoms with Gasteiger partial charge in [0.15, 0.2) is 0 Å². The van der Waals surface area contributed by atoms with Crippen LogP contribution in [-0.4, -0.2) is 28.0 Å². The summed E-state index contributed by atoms with van der Waals surface area (Å²) in [6.45, 7) is 12.0. The molecule has 0 aliphatic rings. The number of amides is 1. The lowest BCUT2D eigenvalue weighted by Gasteiger charge is -2.35. The minimum Gasteiger partial charge on any atom is -0.508 e. The van der Waals surface area contributed by atoms with E-state index in [4.69, 9.17) is 0 Å². The summed E-state index contributed by atoms with van der Waals surface area (Å²) in [5, 5.41) is 9.38. The van der Waals surface area contributed by atoms with Crippen molar-refractivity contribution in [2.24, 2.45) is 0 Å². The second-order valence-corrected chi connectivity index (χ2v) is 5.37. The summed E-state index contributed by atoms with van der Waals surface area (Å²) < 4.78 is 0. The van der Waals surface area contributed by atoms with Crippen molar-refractivity contribution in [1.82, 2.24) is 4.90 Å². The van der Waals surface area contributed by atoms with Gasteiger partial charge in [0.1, 0.15) is 5.75 Å². The van der Waals surface area contributed by atoms with Crippen LogP contribution < -0.4 is 0 Å². The van der Waals surface area contributed by atoms with Gasteiger partial charge in [-0.05, 0) is 51.5 Å². The Balaban J connectivity index is 3.14. The maximum atomic E-state index is 12.5. The Labute approximate surface area is 109 Å². The van der Waals surface area contributed by atoms with E-state index in [1.165, 1.54) is 6.07 Å². The number of nitrogens with zero attached hydrogens (tertiary/aromatic N) is 1. The van der Waals surface area contributed by atoms with Gasteiger partial charge in [-0.2, -0.15) is 0 Å². The van der Waals surface area contributed by atoms with Crippen LogP contribution in [0.25, 0.3) is 0 Å². The largest absolute Gasteiger partial charge is 0.508 e. The molecule has 18 heavy (non-hydrogen) atoms. The molecule has 0 saturated carbocycles. The van der Waals surface area contributed by atoms with E-state index in [1.54, 1.807) is 23.1 Å². The second-order valence-electron chi connectivity index (χ2n) is 5.37. The predicted octanol–water partition coefficient (Wildman–Crippen LogP) is 3.13. The van der Waals surface area contributed by atoms with Gasteiger partial charge in [0.05, 0.1) is 0 Å². The Morgan fingerprint density at radius 2 is 2.06 bits per heavy atom. The van der Waals surface area contributed by atoms with Crippen LogP contribution in [0.2, 0.25) is 0 Å². The van der Waals surface area contributed by atoms with Crippen LogP contribution in [0.4, 0.5) is 0 Å². The first-order chi connectivity index (χ1) is 8.27. The van der Waals surface area contributed by atoms with Gasteiger partial charge in [0, 0.05) is 17.6 Å². The monoisotopic (exact) mass is 247 g/mol. The number of phenolic OH excluding ortho intramolecular Hbond substituents is 1. The predicted molar refractivity (Wildman–Crippen MR) is 73.8 cm³/mol. The van der Waals surface area contributed by atoms with Crippen molar-refractivity contribution in [3.63, 3.8) is 0 Å². The van der Waals surface area contributed by atoms with Crippen LogP contribution >= 0.6 is 0 Å². The summed E-state index contributed by atoms with van der Waals surface area (Å²) in [6, 6.07) is 4.80. The highest BCUT2D eigenvalue weighted by molar-refractivity contribution is 5.96. The lowest BCUT2D eigenvalue weighted by atomic mass is 10.0. The summed E-state index contributed by atoms with van der Waals surface area (Å²) >= 11 is 0. The third-order valence-corrected chi connectivity index (χ3v) is 2.81. The molecule has 0 saturated heterocycles. The van der Waals surface area contributed by atoms with Gasteiger partial charge in [-0.15, -0.1) is 6.58 Å². The molecule has 0 unspecified atom stereocenters. The molecule has 1 amide bonds. The minimum absolute atomic E-state index is 0.0418. The molecule has 1 rings (SSSR count). The number of carbonyl (C=O) groups is 1. The molecule has 0 aliphatic carbocycles. The molecule has 1 aromatic carbocycles. The van der Waals surface area contributed by atoms with Crippen molar-refractivity contribution in [2.45, 2.75) is 33.2 Å². The summed E-state index contributed by atoms with van der Waals surface area (Å²) in [5.74, 6) is 0.134. The van der Waals surface area contributed by atoms with E-state index >= 15 is 0 Å². The summed E-state index contributed by atoms with van der Waals surface area (Å²) in [7, 11) is 0. The van der Waals surface area contributed by atoms with Gasteiger partial charge < -0.3 is 10.0 Å². The highest BCUT2D eigenvalue weighted by Crippen LogP contribution is 2.21. The Kier molecular flexibility index (Phi) is 4.17. The molecular weight excluding hydrogens is 226 g/mol. The van der Waals surface area contributed by atoms with Gasteiger partial charge in [0.25, 0.3) is 5.91 Å². The van der Waals surface area contributed by atoms with E-state index in [0.29, 0.717) is 12.1 Å². The van der Waals surface area contributed by atoms with Crippen molar-refractivity contribution in [2.75, 3.05) is 6.54 Å². The quantitative estimate of drug-likeness (QED) is 0.834. The lowest BCUT2D eigenvalue weighted by molar-refractivity contribution is 0.0616. The molecule has 0 radical (unpaired) electrons.